The van der Waals surface area contributed by atoms with Gasteiger partial charge in [-0.05, 0) is 23.3 Å². The molecule has 2 rings (SSSR count). The third-order valence-corrected chi connectivity index (χ3v) is 2.65. The monoisotopic (exact) mass is 263 g/mol. The first-order chi connectivity index (χ1) is 8.97. The molecule has 0 aromatic heterocycles. The van der Waals surface area contributed by atoms with Crippen molar-refractivity contribution in [2.75, 3.05) is 5.73 Å². The molecule has 0 atom stereocenters. The lowest BCUT2D eigenvalue weighted by molar-refractivity contribution is -0.136. The molecular weight excluding hydrogens is 251 g/mol. The van der Waals surface area contributed by atoms with Gasteiger partial charge in [0, 0.05) is 5.69 Å². The van der Waals surface area contributed by atoms with Gasteiger partial charge in [-0.25, -0.2) is 0 Å². The van der Waals surface area contributed by atoms with Crippen LogP contribution >= 0.6 is 0 Å². The van der Waals surface area contributed by atoms with Crippen molar-refractivity contribution in [2.45, 2.75) is 6.18 Å². The molecule has 0 unspecified atom stereocenters. The molecule has 0 aliphatic heterocycles. The Balaban J connectivity index is 2.24. The summed E-state index contributed by atoms with van der Waals surface area (Å²) < 4.78 is 37.6. The second-order valence-corrected chi connectivity index (χ2v) is 4.09. The number of benzene rings is 2. The molecule has 2 aromatic carbocycles. The fourth-order valence-electron chi connectivity index (χ4n) is 1.70. The Morgan fingerprint density at radius 1 is 0.842 bits per heavy atom. The van der Waals surface area contributed by atoms with Crippen molar-refractivity contribution in [3.63, 3.8) is 0 Å². The summed E-state index contributed by atoms with van der Waals surface area (Å²) in [6.07, 6.45) is -0.861. The standard InChI is InChI=1S/C15H12F3N/c16-15(17,18)13-9-8-12(10-14(13)19)7-6-11-4-2-1-3-5-11/h1-10H,19H2/b7-6+. The van der Waals surface area contributed by atoms with Gasteiger partial charge in [0.05, 0.1) is 5.56 Å². The molecule has 98 valence electrons. The molecule has 0 bridgehead atoms. The number of halogens is 3. The average molecular weight is 263 g/mol. The van der Waals surface area contributed by atoms with Crippen LogP contribution in [0.2, 0.25) is 0 Å². The lowest BCUT2D eigenvalue weighted by Crippen LogP contribution is -2.08. The lowest BCUT2D eigenvalue weighted by Gasteiger charge is -2.09. The summed E-state index contributed by atoms with van der Waals surface area (Å²) in [7, 11) is 0. The minimum absolute atomic E-state index is 0.261. The molecule has 0 fully saturated rings. The largest absolute Gasteiger partial charge is 0.418 e. The van der Waals surface area contributed by atoms with E-state index in [9.17, 15) is 13.2 Å². The highest BCUT2D eigenvalue weighted by Crippen LogP contribution is 2.33. The maximum atomic E-state index is 12.5. The van der Waals surface area contributed by atoms with Crippen LogP contribution < -0.4 is 5.73 Å². The van der Waals surface area contributed by atoms with Crippen LogP contribution in [-0.4, -0.2) is 0 Å². The van der Waals surface area contributed by atoms with Crippen LogP contribution in [0.15, 0.2) is 48.5 Å². The molecule has 19 heavy (non-hydrogen) atoms. The molecule has 4 heteroatoms. The summed E-state index contributed by atoms with van der Waals surface area (Å²) in [4.78, 5) is 0. The molecule has 0 spiro atoms. The minimum atomic E-state index is -4.41. The number of nitrogens with two attached hydrogens (primary N) is 1. The van der Waals surface area contributed by atoms with Gasteiger partial charge in [-0.3, -0.25) is 0 Å². The van der Waals surface area contributed by atoms with Gasteiger partial charge in [-0.1, -0.05) is 48.6 Å². The zero-order chi connectivity index (χ0) is 13.9. The zero-order valence-electron chi connectivity index (χ0n) is 9.98. The molecule has 1 nitrogen and oxygen atoms in total. The lowest BCUT2D eigenvalue weighted by atomic mass is 10.1. The molecule has 0 radical (unpaired) electrons. The maximum Gasteiger partial charge on any atom is 0.418 e. The van der Waals surface area contributed by atoms with Gasteiger partial charge < -0.3 is 5.73 Å². The highest BCUT2D eigenvalue weighted by molar-refractivity contribution is 5.71. The molecular formula is C15H12F3N. The Bertz CT molecular complexity index is 586. The van der Waals surface area contributed by atoms with Gasteiger partial charge in [0.1, 0.15) is 0 Å². The Kier molecular flexibility index (Phi) is 3.60. The minimum Gasteiger partial charge on any atom is -0.398 e. The van der Waals surface area contributed by atoms with E-state index in [1.165, 1.54) is 12.1 Å². The molecule has 2 N–H and O–H groups in total. The SMILES string of the molecule is Nc1cc(/C=C/c2ccccc2)ccc1C(F)(F)F. The van der Waals surface area contributed by atoms with Crippen molar-refractivity contribution in [3.8, 4) is 0 Å². The van der Waals surface area contributed by atoms with Gasteiger partial charge in [0.2, 0.25) is 0 Å². The smallest absolute Gasteiger partial charge is 0.398 e. The first-order valence-corrected chi connectivity index (χ1v) is 5.67. The predicted molar refractivity (Wildman–Crippen MR) is 71.2 cm³/mol. The zero-order valence-corrected chi connectivity index (χ0v) is 9.98. The van der Waals surface area contributed by atoms with Gasteiger partial charge in [-0.2, -0.15) is 13.2 Å². The summed E-state index contributed by atoms with van der Waals surface area (Å²) in [6, 6.07) is 13.2. The van der Waals surface area contributed by atoms with Gasteiger partial charge in [-0.15, -0.1) is 0 Å². The highest BCUT2D eigenvalue weighted by atomic mass is 19.4. The van der Waals surface area contributed by atoms with E-state index in [0.29, 0.717) is 5.56 Å². The molecule has 0 saturated heterocycles. The first-order valence-electron chi connectivity index (χ1n) is 5.67. The topological polar surface area (TPSA) is 26.0 Å². The summed E-state index contributed by atoms with van der Waals surface area (Å²) in [5, 5.41) is 0. The van der Waals surface area contributed by atoms with Crippen molar-refractivity contribution in [2.24, 2.45) is 0 Å². The fourth-order valence-corrected chi connectivity index (χ4v) is 1.70. The van der Waals surface area contributed by atoms with Crippen LogP contribution in [-0.2, 0) is 6.18 Å². The van der Waals surface area contributed by atoms with E-state index in [1.807, 2.05) is 36.4 Å². The van der Waals surface area contributed by atoms with E-state index < -0.39 is 11.7 Å². The second kappa shape index (κ2) is 5.18. The Morgan fingerprint density at radius 3 is 2.05 bits per heavy atom. The first kappa shape index (κ1) is 13.2. The van der Waals surface area contributed by atoms with Crippen molar-refractivity contribution in [1.29, 1.82) is 0 Å². The number of hydrogen-bond acceptors (Lipinski definition) is 1. The van der Waals surface area contributed by atoms with Crippen LogP contribution in [0.25, 0.3) is 12.2 Å². The van der Waals surface area contributed by atoms with E-state index >= 15 is 0 Å². The van der Waals surface area contributed by atoms with Crippen molar-refractivity contribution in [3.05, 3.63) is 65.2 Å². The van der Waals surface area contributed by atoms with Crippen molar-refractivity contribution in [1.82, 2.24) is 0 Å². The van der Waals surface area contributed by atoms with Crippen LogP contribution in [0.3, 0.4) is 0 Å². The Hall–Kier alpha value is -2.23. The third-order valence-electron chi connectivity index (χ3n) is 2.65. The summed E-state index contributed by atoms with van der Waals surface area (Å²) in [6.45, 7) is 0. The molecule has 0 heterocycles. The van der Waals surface area contributed by atoms with Crippen LogP contribution in [0.5, 0.6) is 0 Å². The Morgan fingerprint density at radius 2 is 1.47 bits per heavy atom. The molecule has 0 aliphatic rings. The molecule has 0 amide bonds. The number of hydrogen-bond donors (Lipinski definition) is 1. The van der Waals surface area contributed by atoms with Crippen LogP contribution in [0, 0.1) is 0 Å². The molecule has 0 saturated carbocycles. The third kappa shape index (κ3) is 3.37. The normalized spacial score (nSPS) is 11.9. The predicted octanol–water partition coefficient (Wildman–Crippen LogP) is 4.46. The maximum absolute atomic E-state index is 12.5. The number of anilines is 1. The Labute approximate surface area is 109 Å². The number of nitrogen functional groups attached to an aromatic ring is 1. The summed E-state index contributed by atoms with van der Waals surface area (Å²) in [5.41, 5.74) is 5.97. The average Bonchev–Trinajstić information content (AvgIpc) is 2.36. The summed E-state index contributed by atoms with van der Waals surface area (Å²) in [5.74, 6) is 0. The van der Waals surface area contributed by atoms with E-state index in [-0.39, 0.29) is 5.69 Å². The highest BCUT2D eigenvalue weighted by Gasteiger charge is 2.32. The number of rotatable bonds is 2. The van der Waals surface area contributed by atoms with E-state index in [4.69, 9.17) is 5.73 Å². The molecule has 0 aliphatic carbocycles. The van der Waals surface area contributed by atoms with Crippen molar-refractivity contribution < 1.29 is 13.2 Å². The van der Waals surface area contributed by atoms with E-state index in [1.54, 1.807) is 6.08 Å². The van der Waals surface area contributed by atoms with Crippen molar-refractivity contribution >= 4 is 17.8 Å². The second-order valence-electron chi connectivity index (χ2n) is 4.09. The summed E-state index contributed by atoms with van der Waals surface area (Å²) >= 11 is 0. The van der Waals surface area contributed by atoms with E-state index in [0.717, 1.165) is 11.6 Å². The van der Waals surface area contributed by atoms with Gasteiger partial charge in [0.15, 0.2) is 0 Å². The fraction of sp³-hybridized carbons (Fsp3) is 0.0667. The van der Waals surface area contributed by atoms with Gasteiger partial charge in [0.25, 0.3) is 0 Å². The molecule has 2 aromatic rings. The van der Waals surface area contributed by atoms with Crippen LogP contribution in [0.1, 0.15) is 16.7 Å². The van der Waals surface area contributed by atoms with E-state index in [2.05, 4.69) is 0 Å². The van der Waals surface area contributed by atoms with Crippen LogP contribution in [0.4, 0.5) is 18.9 Å². The van der Waals surface area contributed by atoms with Gasteiger partial charge >= 0.3 is 6.18 Å². The number of alkyl halides is 3. The quantitative estimate of drug-likeness (QED) is 0.628.